The topological polar surface area (TPSA) is 20.3 Å². The zero-order chi connectivity index (χ0) is 13.3. The normalized spacial score (nSPS) is 32.3. The molecular formula is C16H29NO. The molecule has 0 bridgehead atoms. The van der Waals surface area contributed by atoms with Crippen molar-refractivity contribution in [3.05, 3.63) is 0 Å². The van der Waals surface area contributed by atoms with Crippen LogP contribution >= 0.6 is 0 Å². The molecule has 104 valence electrons. The van der Waals surface area contributed by atoms with Gasteiger partial charge in [0.1, 0.15) is 0 Å². The van der Waals surface area contributed by atoms with E-state index in [1.807, 2.05) is 0 Å². The number of fused-ring (bicyclic) bond motifs is 1. The van der Waals surface area contributed by atoms with Crippen molar-refractivity contribution in [3.8, 4) is 0 Å². The second kappa shape index (κ2) is 5.22. The van der Waals surface area contributed by atoms with E-state index >= 15 is 0 Å². The van der Waals surface area contributed by atoms with Gasteiger partial charge in [-0.05, 0) is 36.5 Å². The van der Waals surface area contributed by atoms with Crippen LogP contribution in [0.25, 0.3) is 0 Å². The molecule has 1 aliphatic heterocycles. The Morgan fingerprint density at radius 1 is 1.28 bits per heavy atom. The summed E-state index contributed by atoms with van der Waals surface area (Å²) in [5.41, 5.74) is 0.293. The smallest absolute Gasteiger partial charge is 0.225 e. The Hall–Kier alpha value is -0.530. The number of amides is 1. The van der Waals surface area contributed by atoms with Crippen LogP contribution in [0.5, 0.6) is 0 Å². The van der Waals surface area contributed by atoms with Crippen molar-refractivity contribution in [3.63, 3.8) is 0 Å². The van der Waals surface area contributed by atoms with Gasteiger partial charge in [-0.2, -0.15) is 0 Å². The summed E-state index contributed by atoms with van der Waals surface area (Å²) in [5.74, 6) is 2.02. The molecule has 0 aromatic carbocycles. The Labute approximate surface area is 112 Å². The maximum absolute atomic E-state index is 12.7. The van der Waals surface area contributed by atoms with Gasteiger partial charge in [0, 0.05) is 19.0 Å². The van der Waals surface area contributed by atoms with Crippen LogP contribution in [0.2, 0.25) is 0 Å². The van der Waals surface area contributed by atoms with Crippen LogP contribution in [0.3, 0.4) is 0 Å². The van der Waals surface area contributed by atoms with Crippen LogP contribution in [0.1, 0.15) is 59.8 Å². The first kappa shape index (κ1) is 13.9. The minimum atomic E-state index is 0.293. The monoisotopic (exact) mass is 251 g/mol. The zero-order valence-corrected chi connectivity index (χ0v) is 12.5. The van der Waals surface area contributed by atoms with Gasteiger partial charge < -0.3 is 4.90 Å². The third kappa shape index (κ3) is 3.07. The molecule has 0 spiro atoms. The highest BCUT2D eigenvalue weighted by molar-refractivity contribution is 5.79. The van der Waals surface area contributed by atoms with Crippen LogP contribution in [-0.4, -0.2) is 23.9 Å². The molecule has 1 unspecified atom stereocenters. The maximum atomic E-state index is 12.7. The van der Waals surface area contributed by atoms with Gasteiger partial charge in [-0.25, -0.2) is 0 Å². The quantitative estimate of drug-likeness (QED) is 0.732. The number of hydrogen-bond acceptors (Lipinski definition) is 1. The van der Waals surface area contributed by atoms with Crippen molar-refractivity contribution < 1.29 is 4.79 Å². The Morgan fingerprint density at radius 2 is 1.94 bits per heavy atom. The van der Waals surface area contributed by atoms with E-state index < -0.39 is 0 Å². The largest absolute Gasteiger partial charge is 0.342 e. The van der Waals surface area contributed by atoms with Gasteiger partial charge in [-0.1, -0.05) is 40.5 Å². The molecule has 2 fully saturated rings. The molecule has 1 saturated carbocycles. The molecule has 1 aliphatic carbocycles. The molecule has 1 saturated heterocycles. The SMILES string of the molecule is CC(C)CN1CC(C)(C)C[C@@H]2CCCCC2C1=O. The van der Waals surface area contributed by atoms with Crippen molar-refractivity contribution in [2.45, 2.75) is 59.8 Å². The summed E-state index contributed by atoms with van der Waals surface area (Å²) in [7, 11) is 0. The molecule has 0 N–H and O–H groups in total. The van der Waals surface area contributed by atoms with Gasteiger partial charge in [0.15, 0.2) is 0 Å². The van der Waals surface area contributed by atoms with Gasteiger partial charge in [-0.15, -0.1) is 0 Å². The first-order valence-electron chi connectivity index (χ1n) is 7.68. The van der Waals surface area contributed by atoms with Gasteiger partial charge in [0.25, 0.3) is 0 Å². The van der Waals surface area contributed by atoms with Crippen molar-refractivity contribution in [1.29, 1.82) is 0 Å². The van der Waals surface area contributed by atoms with Crippen molar-refractivity contribution >= 4 is 5.91 Å². The Bertz CT molecular complexity index is 308. The van der Waals surface area contributed by atoms with Crippen molar-refractivity contribution in [2.75, 3.05) is 13.1 Å². The average molecular weight is 251 g/mol. The molecule has 2 nitrogen and oxygen atoms in total. The summed E-state index contributed by atoms with van der Waals surface area (Å²) in [6.07, 6.45) is 6.22. The van der Waals surface area contributed by atoms with E-state index in [9.17, 15) is 4.79 Å². The summed E-state index contributed by atoms with van der Waals surface area (Å²) in [4.78, 5) is 14.9. The summed E-state index contributed by atoms with van der Waals surface area (Å²) >= 11 is 0. The first-order chi connectivity index (χ1) is 8.39. The average Bonchev–Trinajstić information content (AvgIpc) is 2.34. The van der Waals surface area contributed by atoms with Crippen LogP contribution in [0.15, 0.2) is 0 Å². The third-order valence-electron chi connectivity index (χ3n) is 4.56. The number of carbonyl (C=O) groups is 1. The number of hydrogen-bond donors (Lipinski definition) is 0. The van der Waals surface area contributed by atoms with E-state index in [0.29, 0.717) is 29.1 Å². The highest BCUT2D eigenvalue weighted by Crippen LogP contribution is 2.42. The Balaban J connectivity index is 2.19. The molecule has 2 aliphatic rings. The minimum Gasteiger partial charge on any atom is -0.342 e. The number of carbonyl (C=O) groups excluding carboxylic acids is 1. The fraction of sp³-hybridized carbons (Fsp3) is 0.938. The van der Waals surface area contributed by atoms with Crippen molar-refractivity contribution in [1.82, 2.24) is 4.90 Å². The summed E-state index contributed by atoms with van der Waals surface area (Å²) in [6.45, 7) is 11.0. The van der Waals surface area contributed by atoms with Crippen LogP contribution in [-0.2, 0) is 4.79 Å². The summed E-state index contributed by atoms with van der Waals surface area (Å²) in [6, 6.07) is 0. The van der Waals surface area contributed by atoms with E-state index in [2.05, 4.69) is 32.6 Å². The van der Waals surface area contributed by atoms with Gasteiger partial charge >= 0.3 is 0 Å². The second-order valence-corrected chi connectivity index (χ2v) is 7.63. The molecule has 0 aromatic rings. The molecule has 2 heteroatoms. The Kier molecular flexibility index (Phi) is 4.03. The molecule has 0 aromatic heterocycles. The number of likely N-dealkylation sites (tertiary alicyclic amines) is 1. The predicted molar refractivity (Wildman–Crippen MR) is 75.3 cm³/mol. The van der Waals surface area contributed by atoms with Crippen LogP contribution < -0.4 is 0 Å². The molecule has 1 amide bonds. The second-order valence-electron chi connectivity index (χ2n) is 7.63. The zero-order valence-electron chi connectivity index (χ0n) is 12.5. The highest BCUT2D eigenvalue weighted by Gasteiger charge is 2.41. The summed E-state index contributed by atoms with van der Waals surface area (Å²) in [5, 5.41) is 0. The van der Waals surface area contributed by atoms with E-state index in [-0.39, 0.29) is 0 Å². The van der Waals surface area contributed by atoms with E-state index in [0.717, 1.165) is 19.5 Å². The van der Waals surface area contributed by atoms with Crippen molar-refractivity contribution in [2.24, 2.45) is 23.2 Å². The molecule has 2 rings (SSSR count). The first-order valence-corrected chi connectivity index (χ1v) is 7.68. The Morgan fingerprint density at radius 3 is 2.61 bits per heavy atom. The third-order valence-corrected chi connectivity index (χ3v) is 4.56. The lowest BCUT2D eigenvalue weighted by Gasteiger charge is -2.31. The lowest BCUT2D eigenvalue weighted by atomic mass is 9.72. The molecule has 2 atom stereocenters. The van der Waals surface area contributed by atoms with E-state index in [1.165, 1.54) is 25.7 Å². The fourth-order valence-corrected chi connectivity index (χ4v) is 3.98. The standard InChI is InChI=1S/C16H29NO/c1-12(2)10-17-11-16(3,4)9-13-7-5-6-8-14(13)15(17)18/h12-14H,5-11H2,1-4H3/t13-,14?/m0/s1. The molecule has 18 heavy (non-hydrogen) atoms. The van der Waals surface area contributed by atoms with Gasteiger partial charge in [0.05, 0.1) is 0 Å². The maximum Gasteiger partial charge on any atom is 0.225 e. The molecule has 0 radical (unpaired) electrons. The van der Waals surface area contributed by atoms with Gasteiger partial charge in [0.2, 0.25) is 5.91 Å². The molecular weight excluding hydrogens is 222 g/mol. The van der Waals surface area contributed by atoms with E-state index in [1.54, 1.807) is 0 Å². The van der Waals surface area contributed by atoms with E-state index in [4.69, 9.17) is 0 Å². The van der Waals surface area contributed by atoms with Gasteiger partial charge in [-0.3, -0.25) is 4.79 Å². The lowest BCUT2D eigenvalue weighted by molar-refractivity contribution is -0.138. The molecule has 1 heterocycles. The van der Waals surface area contributed by atoms with Crippen LogP contribution in [0.4, 0.5) is 0 Å². The summed E-state index contributed by atoms with van der Waals surface area (Å²) < 4.78 is 0. The minimum absolute atomic E-state index is 0.293. The fourth-order valence-electron chi connectivity index (χ4n) is 3.98. The highest BCUT2D eigenvalue weighted by atomic mass is 16.2. The number of rotatable bonds is 2. The predicted octanol–water partition coefficient (Wildman–Crippen LogP) is 3.71. The number of nitrogens with zero attached hydrogens (tertiary/aromatic N) is 1. The lowest BCUT2D eigenvalue weighted by Crippen LogP contribution is -2.41. The van der Waals surface area contributed by atoms with Crippen LogP contribution in [0, 0.1) is 23.2 Å².